The summed E-state index contributed by atoms with van der Waals surface area (Å²) >= 11 is 12.1. The summed E-state index contributed by atoms with van der Waals surface area (Å²) in [7, 11) is 1.83. The van der Waals surface area contributed by atoms with E-state index >= 15 is 0 Å². The van der Waals surface area contributed by atoms with E-state index in [1.807, 2.05) is 44.3 Å². The van der Waals surface area contributed by atoms with Gasteiger partial charge in [0.15, 0.2) is 5.96 Å². The van der Waals surface area contributed by atoms with Gasteiger partial charge in [0.05, 0.1) is 18.1 Å². The van der Waals surface area contributed by atoms with Gasteiger partial charge in [0, 0.05) is 25.8 Å². The molecule has 0 aliphatic rings. The van der Waals surface area contributed by atoms with Gasteiger partial charge in [-0.25, -0.2) is 4.99 Å². The van der Waals surface area contributed by atoms with Gasteiger partial charge >= 0.3 is 0 Å². The van der Waals surface area contributed by atoms with Gasteiger partial charge in [-0.15, -0.1) is 0 Å². The van der Waals surface area contributed by atoms with E-state index in [1.54, 1.807) is 10.6 Å². The Hall–Kier alpha value is -2.18. The molecule has 1 heterocycles. The number of hydrogen-bond acceptors (Lipinski definition) is 2. The second-order valence-electron chi connectivity index (χ2n) is 5.97. The number of amides is 1. The highest BCUT2D eigenvalue weighted by Crippen LogP contribution is 2.25. The zero-order valence-corrected chi connectivity index (χ0v) is 17.1. The molecule has 27 heavy (non-hydrogen) atoms. The molecular formula is C19H25Cl2N5O. The number of benzene rings is 1. The van der Waals surface area contributed by atoms with E-state index < -0.39 is 0 Å². The molecule has 0 spiro atoms. The zero-order chi connectivity index (χ0) is 19.6. The van der Waals surface area contributed by atoms with Crippen LogP contribution in [-0.4, -0.2) is 36.1 Å². The van der Waals surface area contributed by atoms with E-state index in [0.29, 0.717) is 35.8 Å². The van der Waals surface area contributed by atoms with Crippen LogP contribution in [0.15, 0.2) is 41.4 Å². The highest BCUT2D eigenvalue weighted by atomic mass is 35.5. The van der Waals surface area contributed by atoms with Crippen molar-refractivity contribution in [2.24, 2.45) is 12.0 Å². The summed E-state index contributed by atoms with van der Waals surface area (Å²) in [5, 5.41) is 10.0. The smallest absolute Gasteiger partial charge is 0.239 e. The van der Waals surface area contributed by atoms with E-state index in [1.165, 1.54) is 5.56 Å². The summed E-state index contributed by atoms with van der Waals surface area (Å²) in [6.45, 7) is 3.80. The van der Waals surface area contributed by atoms with Crippen LogP contribution in [0.25, 0.3) is 0 Å². The number of nitrogens with zero attached hydrogens (tertiary/aromatic N) is 2. The largest absolute Gasteiger partial charge is 0.357 e. The average molecular weight is 410 g/mol. The normalized spacial score (nSPS) is 11.3. The fourth-order valence-corrected chi connectivity index (χ4v) is 2.88. The molecule has 0 aliphatic heterocycles. The highest BCUT2D eigenvalue weighted by molar-refractivity contribution is 6.41. The Bertz CT molecular complexity index is 774. The molecule has 1 amide bonds. The lowest BCUT2D eigenvalue weighted by molar-refractivity contribution is -0.119. The Kier molecular flexibility index (Phi) is 8.48. The van der Waals surface area contributed by atoms with E-state index in [9.17, 15) is 4.79 Å². The molecule has 0 saturated heterocycles. The summed E-state index contributed by atoms with van der Waals surface area (Å²) in [5.74, 6) is 0.477. The van der Waals surface area contributed by atoms with Crippen LogP contribution in [0.3, 0.4) is 0 Å². The number of guanidine groups is 1. The second kappa shape index (κ2) is 10.8. The number of rotatable bonds is 8. The van der Waals surface area contributed by atoms with E-state index in [2.05, 4.69) is 20.9 Å². The van der Waals surface area contributed by atoms with E-state index in [0.717, 1.165) is 12.1 Å². The van der Waals surface area contributed by atoms with Crippen molar-refractivity contribution >= 4 is 35.1 Å². The molecule has 1 aromatic carbocycles. The molecule has 0 aliphatic carbocycles. The summed E-state index contributed by atoms with van der Waals surface area (Å²) in [6.07, 6.45) is 0.801. The molecular weight excluding hydrogens is 385 g/mol. The van der Waals surface area contributed by atoms with Crippen LogP contribution in [-0.2, 0) is 24.8 Å². The van der Waals surface area contributed by atoms with Crippen LogP contribution in [0.4, 0.5) is 0 Å². The minimum absolute atomic E-state index is 0.0820. The van der Waals surface area contributed by atoms with Gasteiger partial charge in [-0.2, -0.15) is 0 Å². The van der Waals surface area contributed by atoms with Crippen molar-refractivity contribution in [1.29, 1.82) is 0 Å². The standard InChI is InChI=1S/C19H25Cl2N5O/c1-3-22-19(24-12-15-11-16(20)18(21)26(15)2)25-13-17(27)23-10-9-14-7-5-4-6-8-14/h4-8,11H,3,9-10,12-13H2,1-2H3,(H,23,27)(H2,22,24,25). The van der Waals surface area contributed by atoms with Crippen LogP contribution >= 0.6 is 23.2 Å². The third kappa shape index (κ3) is 6.81. The van der Waals surface area contributed by atoms with Gasteiger partial charge in [-0.05, 0) is 25.0 Å². The number of carbonyl (C=O) groups excluding carboxylic acids is 1. The minimum atomic E-state index is -0.0820. The Labute approximate surface area is 170 Å². The number of aliphatic imine (C=N–C) groups is 1. The van der Waals surface area contributed by atoms with E-state index in [4.69, 9.17) is 23.2 Å². The summed E-state index contributed by atoms with van der Waals surface area (Å²) in [4.78, 5) is 16.5. The minimum Gasteiger partial charge on any atom is -0.357 e. The number of hydrogen-bond donors (Lipinski definition) is 3. The SMILES string of the molecule is CCNC(=NCc1cc(Cl)c(Cl)n1C)NCC(=O)NCCc1ccccc1. The number of aromatic nitrogens is 1. The molecule has 146 valence electrons. The Balaban J connectivity index is 1.80. The Morgan fingerprint density at radius 2 is 1.89 bits per heavy atom. The van der Waals surface area contributed by atoms with Crippen molar-refractivity contribution < 1.29 is 4.79 Å². The van der Waals surface area contributed by atoms with Gasteiger partial charge < -0.3 is 20.5 Å². The van der Waals surface area contributed by atoms with Gasteiger partial charge in [-0.3, -0.25) is 4.79 Å². The maximum absolute atomic E-state index is 12.0. The molecule has 6 nitrogen and oxygen atoms in total. The number of nitrogens with one attached hydrogen (secondary N) is 3. The first-order valence-corrected chi connectivity index (χ1v) is 9.59. The highest BCUT2D eigenvalue weighted by Gasteiger charge is 2.09. The van der Waals surface area contributed by atoms with Gasteiger partial charge in [-0.1, -0.05) is 53.5 Å². The predicted octanol–water partition coefficient (Wildman–Crippen LogP) is 2.75. The van der Waals surface area contributed by atoms with Crippen molar-refractivity contribution in [2.45, 2.75) is 19.9 Å². The first-order chi connectivity index (χ1) is 13.0. The molecule has 0 radical (unpaired) electrons. The molecule has 3 N–H and O–H groups in total. The third-order valence-electron chi connectivity index (χ3n) is 3.95. The second-order valence-corrected chi connectivity index (χ2v) is 6.73. The number of halogens is 2. The van der Waals surface area contributed by atoms with Gasteiger partial charge in [0.2, 0.25) is 5.91 Å². The molecule has 0 saturated carbocycles. The van der Waals surface area contributed by atoms with Gasteiger partial charge in [0.25, 0.3) is 0 Å². The lowest BCUT2D eigenvalue weighted by Gasteiger charge is -2.12. The van der Waals surface area contributed by atoms with Crippen LogP contribution in [0.5, 0.6) is 0 Å². The summed E-state index contributed by atoms with van der Waals surface area (Å²) < 4.78 is 1.78. The molecule has 0 atom stereocenters. The predicted molar refractivity (Wildman–Crippen MR) is 111 cm³/mol. The molecule has 1 aromatic heterocycles. The molecule has 0 unspecified atom stereocenters. The molecule has 2 rings (SSSR count). The van der Waals surface area contributed by atoms with Crippen molar-refractivity contribution in [3.63, 3.8) is 0 Å². The summed E-state index contributed by atoms with van der Waals surface area (Å²) in [5.41, 5.74) is 2.08. The monoisotopic (exact) mass is 409 g/mol. The maximum Gasteiger partial charge on any atom is 0.239 e. The van der Waals surface area contributed by atoms with Gasteiger partial charge in [0.1, 0.15) is 5.15 Å². The van der Waals surface area contributed by atoms with E-state index in [-0.39, 0.29) is 12.5 Å². The van der Waals surface area contributed by atoms with Crippen LogP contribution in [0.1, 0.15) is 18.2 Å². The van der Waals surface area contributed by atoms with Crippen molar-refractivity contribution in [3.8, 4) is 0 Å². The first kappa shape index (κ1) is 21.1. The van der Waals surface area contributed by atoms with Crippen LogP contribution < -0.4 is 16.0 Å². The third-order valence-corrected chi connectivity index (χ3v) is 4.80. The lowest BCUT2D eigenvalue weighted by atomic mass is 10.1. The summed E-state index contributed by atoms with van der Waals surface area (Å²) in [6, 6.07) is 11.8. The quantitative estimate of drug-likeness (QED) is 0.463. The Morgan fingerprint density at radius 1 is 1.15 bits per heavy atom. The topological polar surface area (TPSA) is 70.5 Å². The first-order valence-electron chi connectivity index (χ1n) is 8.83. The molecule has 0 bridgehead atoms. The zero-order valence-electron chi connectivity index (χ0n) is 15.6. The van der Waals surface area contributed by atoms with Crippen molar-refractivity contribution in [2.75, 3.05) is 19.6 Å². The van der Waals surface area contributed by atoms with Crippen molar-refractivity contribution in [3.05, 3.63) is 57.8 Å². The average Bonchev–Trinajstić information content (AvgIpc) is 2.91. The maximum atomic E-state index is 12.0. The van der Waals surface area contributed by atoms with Crippen LogP contribution in [0.2, 0.25) is 10.2 Å². The molecule has 0 fully saturated rings. The van der Waals surface area contributed by atoms with Crippen molar-refractivity contribution in [1.82, 2.24) is 20.5 Å². The molecule has 8 heteroatoms. The Morgan fingerprint density at radius 3 is 2.52 bits per heavy atom. The fourth-order valence-electron chi connectivity index (χ4n) is 2.46. The lowest BCUT2D eigenvalue weighted by Crippen LogP contribution is -2.43. The van der Waals surface area contributed by atoms with Crippen LogP contribution in [0, 0.1) is 0 Å². The fraction of sp³-hybridized carbons (Fsp3) is 0.368. The molecule has 2 aromatic rings. The number of carbonyl (C=O) groups is 1.